The van der Waals surface area contributed by atoms with Crippen molar-refractivity contribution in [3.8, 4) is 0 Å². The smallest absolute Gasteiger partial charge is 0.140 e. The van der Waals surface area contributed by atoms with E-state index in [1.807, 2.05) is 24.3 Å². The molecule has 0 saturated heterocycles. The molecular weight excluding hydrogens is 204 g/mol. The van der Waals surface area contributed by atoms with Crippen molar-refractivity contribution < 1.29 is 5.11 Å². The highest BCUT2D eigenvalue weighted by molar-refractivity contribution is 5.44. The summed E-state index contributed by atoms with van der Waals surface area (Å²) in [5, 5.41) is 9.93. The van der Waals surface area contributed by atoms with Crippen molar-refractivity contribution in [3.63, 3.8) is 0 Å². The summed E-state index contributed by atoms with van der Waals surface area (Å²) in [4.78, 5) is 8.58. The molecule has 0 aromatic carbocycles. The molecule has 2 rings (SSSR count). The van der Waals surface area contributed by atoms with Gasteiger partial charge in [-0.1, -0.05) is 0 Å². The molecule has 0 aliphatic carbocycles. The average molecular weight is 220 g/mol. The van der Waals surface area contributed by atoms with Crippen LogP contribution in [-0.2, 0) is 0 Å². The Morgan fingerprint density at radius 2 is 2.12 bits per heavy atom. The van der Waals surface area contributed by atoms with Crippen LogP contribution in [0.5, 0.6) is 0 Å². The van der Waals surface area contributed by atoms with Gasteiger partial charge in [0.1, 0.15) is 18.1 Å². The number of hydrogen-bond acceptors (Lipinski definition) is 4. The largest absolute Gasteiger partial charge is 0.385 e. The summed E-state index contributed by atoms with van der Waals surface area (Å²) in [5.41, 5.74) is 8.88. The highest BCUT2D eigenvalue weighted by Gasteiger charge is 2.19. The standard InChI is InChI=1S/C11H16N4O/c1-6-4-9-14-10(11(16)7(2)12)8(3)15(9)5-13-6/h4-5,7,11,16H,12H2,1-3H3. The first-order valence-electron chi connectivity index (χ1n) is 5.25. The van der Waals surface area contributed by atoms with Gasteiger partial charge in [0.2, 0.25) is 0 Å². The molecule has 3 N–H and O–H groups in total. The highest BCUT2D eigenvalue weighted by Crippen LogP contribution is 2.20. The molecule has 0 aliphatic rings. The van der Waals surface area contributed by atoms with Crippen molar-refractivity contribution in [1.29, 1.82) is 0 Å². The van der Waals surface area contributed by atoms with Gasteiger partial charge in [-0.25, -0.2) is 9.97 Å². The van der Waals surface area contributed by atoms with Crippen LogP contribution in [-0.4, -0.2) is 25.5 Å². The minimum Gasteiger partial charge on any atom is -0.385 e. The molecule has 0 amide bonds. The summed E-state index contributed by atoms with van der Waals surface area (Å²) >= 11 is 0. The third-order valence-electron chi connectivity index (χ3n) is 2.71. The molecular formula is C11H16N4O. The van der Waals surface area contributed by atoms with E-state index < -0.39 is 6.10 Å². The van der Waals surface area contributed by atoms with Crippen molar-refractivity contribution in [2.75, 3.05) is 0 Å². The highest BCUT2D eigenvalue weighted by atomic mass is 16.3. The Hall–Kier alpha value is -1.46. The van der Waals surface area contributed by atoms with Crippen LogP contribution in [0.3, 0.4) is 0 Å². The van der Waals surface area contributed by atoms with Gasteiger partial charge in [0, 0.05) is 23.5 Å². The molecule has 5 heteroatoms. The predicted molar refractivity (Wildman–Crippen MR) is 61.1 cm³/mol. The van der Waals surface area contributed by atoms with Crippen LogP contribution in [0.15, 0.2) is 12.4 Å². The normalized spacial score (nSPS) is 15.3. The second-order valence-corrected chi connectivity index (χ2v) is 4.14. The molecule has 2 heterocycles. The van der Waals surface area contributed by atoms with Crippen molar-refractivity contribution in [3.05, 3.63) is 29.5 Å². The zero-order valence-corrected chi connectivity index (χ0v) is 9.68. The fourth-order valence-electron chi connectivity index (χ4n) is 1.70. The number of aromatic nitrogens is 3. The van der Waals surface area contributed by atoms with Crippen molar-refractivity contribution in [2.45, 2.75) is 32.9 Å². The monoisotopic (exact) mass is 220 g/mol. The molecule has 2 aromatic rings. The first-order chi connectivity index (χ1) is 7.50. The molecule has 2 unspecified atom stereocenters. The maximum Gasteiger partial charge on any atom is 0.140 e. The molecule has 0 fully saturated rings. The van der Waals surface area contributed by atoms with Gasteiger partial charge < -0.3 is 10.8 Å². The van der Waals surface area contributed by atoms with Gasteiger partial charge >= 0.3 is 0 Å². The van der Waals surface area contributed by atoms with Crippen LogP contribution in [0.1, 0.15) is 30.1 Å². The fraction of sp³-hybridized carbons (Fsp3) is 0.455. The molecule has 0 radical (unpaired) electrons. The second kappa shape index (κ2) is 3.84. The summed E-state index contributed by atoms with van der Waals surface area (Å²) in [5.74, 6) is 0. The molecule has 16 heavy (non-hydrogen) atoms. The fourth-order valence-corrected chi connectivity index (χ4v) is 1.70. The van der Waals surface area contributed by atoms with Gasteiger partial charge in [0.25, 0.3) is 0 Å². The maximum atomic E-state index is 9.93. The van der Waals surface area contributed by atoms with E-state index in [1.165, 1.54) is 0 Å². The minimum atomic E-state index is -0.736. The minimum absolute atomic E-state index is 0.335. The number of imidazole rings is 1. The quantitative estimate of drug-likeness (QED) is 0.782. The number of fused-ring (bicyclic) bond motifs is 1. The SMILES string of the molecule is Cc1cc2nc(C(O)C(C)N)c(C)n2cn1. The molecule has 0 saturated carbocycles. The van der Waals surface area contributed by atoms with Crippen LogP contribution in [0.2, 0.25) is 0 Å². The number of aliphatic hydroxyl groups is 1. The zero-order valence-electron chi connectivity index (χ0n) is 9.68. The number of hydrogen-bond donors (Lipinski definition) is 2. The number of nitrogens with zero attached hydrogens (tertiary/aromatic N) is 3. The van der Waals surface area contributed by atoms with Gasteiger partial charge in [-0.05, 0) is 20.8 Å². The molecule has 0 aliphatic heterocycles. The van der Waals surface area contributed by atoms with E-state index in [2.05, 4.69) is 9.97 Å². The average Bonchev–Trinajstić information content (AvgIpc) is 2.54. The Morgan fingerprint density at radius 1 is 1.44 bits per heavy atom. The molecule has 5 nitrogen and oxygen atoms in total. The molecule has 2 atom stereocenters. The van der Waals surface area contributed by atoms with Crippen LogP contribution >= 0.6 is 0 Å². The van der Waals surface area contributed by atoms with Gasteiger partial charge in [0.15, 0.2) is 0 Å². The Labute approximate surface area is 93.9 Å². The summed E-state index contributed by atoms with van der Waals surface area (Å²) in [6.07, 6.45) is 0.977. The summed E-state index contributed by atoms with van der Waals surface area (Å²) in [7, 11) is 0. The number of aryl methyl sites for hydroxylation is 2. The van der Waals surface area contributed by atoms with Crippen LogP contribution < -0.4 is 5.73 Å². The first-order valence-corrected chi connectivity index (χ1v) is 5.25. The molecule has 0 spiro atoms. The molecule has 2 aromatic heterocycles. The van der Waals surface area contributed by atoms with Gasteiger partial charge in [0.05, 0.1) is 5.69 Å². The number of rotatable bonds is 2. The van der Waals surface area contributed by atoms with Gasteiger partial charge in [-0.15, -0.1) is 0 Å². The molecule has 0 bridgehead atoms. The zero-order chi connectivity index (χ0) is 11.9. The van der Waals surface area contributed by atoms with Crippen LogP contribution in [0, 0.1) is 13.8 Å². The lowest BCUT2D eigenvalue weighted by Gasteiger charge is -2.12. The van der Waals surface area contributed by atoms with E-state index in [4.69, 9.17) is 5.73 Å². The van der Waals surface area contributed by atoms with E-state index in [0.717, 1.165) is 17.0 Å². The van der Waals surface area contributed by atoms with Crippen LogP contribution in [0.4, 0.5) is 0 Å². The number of aliphatic hydroxyl groups excluding tert-OH is 1. The van der Waals surface area contributed by atoms with Crippen molar-refractivity contribution in [2.24, 2.45) is 5.73 Å². The van der Waals surface area contributed by atoms with Gasteiger partial charge in [-0.3, -0.25) is 4.40 Å². The Kier molecular flexibility index (Phi) is 2.65. The Balaban J connectivity index is 2.60. The third kappa shape index (κ3) is 1.68. The first kappa shape index (κ1) is 11.0. The summed E-state index contributed by atoms with van der Waals surface area (Å²) in [6, 6.07) is 1.54. The van der Waals surface area contributed by atoms with E-state index in [9.17, 15) is 5.11 Å². The molecule has 86 valence electrons. The number of nitrogens with two attached hydrogens (primary N) is 1. The predicted octanol–water partition coefficient (Wildman–Crippen LogP) is 0.727. The lowest BCUT2D eigenvalue weighted by atomic mass is 10.1. The summed E-state index contributed by atoms with van der Waals surface area (Å²) in [6.45, 7) is 5.57. The van der Waals surface area contributed by atoms with Crippen molar-refractivity contribution >= 4 is 5.65 Å². The van der Waals surface area contributed by atoms with Gasteiger partial charge in [-0.2, -0.15) is 0 Å². The van der Waals surface area contributed by atoms with Crippen molar-refractivity contribution in [1.82, 2.24) is 14.4 Å². The lowest BCUT2D eigenvalue weighted by molar-refractivity contribution is 0.148. The second-order valence-electron chi connectivity index (χ2n) is 4.14. The maximum absolute atomic E-state index is 9.93. The third-order valence-corrected chi connectivity index (χ3v) is 2.71. The van der Waals surface area contributed by atoms with E-state index in [0.29, 0.717) is 5.69 Å². The topological polar surface area (TPSA) is 76.4 Å². The van der Waals surface area contributed by atoms with E-state index >= 15 is 0 Å². The Morgan fingerprint density at radius 3 is 2.75 bits per heavy atom. The summed E-state index contributed by atoms with van der Waals surface area (Å²) < 4.78 is 1.86. The van der Waals surface area contributed by atoms with E-state index in [1.54, 1.807) is 13.3 Å². The van der Waals surface area contributed by atoms with Crippen LogP contribution in [0.25, 0.3) is 5.65 Å². The Bertz CT molecular complexity index is 518. The lowest BCUT2D eigenvalue weighted by Crippen LogP contribution is -2.25. The van der Waals surface area contributed by atoms with E-state index in [-0.39, 0.29) is 6.04 Å².